The molecule has 2 heteroatoms. The predicted molar refractivity (Wildman–Crippen MR) is 66.8 cm³/mol. The molecule has 82 valence electrons. The van der Waals surface area contributed by atoms with E-state index in [9.17, 15) is 0 Å². The van der Waals surface area contributed by atoms with Crippen LogP contribution in [0.25, 0.3) is 0 Å². The zero-order chi connectivity index (χ0) is 10.7. The molecule has 1 aliphatic heterocycles. The number of nitrogens with zero attached hydrogens (tertiary/aromatic N) is 1. The zero-order valence-corrected chi connectivity index (χ0v) is 9.58. The lowest BCUT2D eigenvalue weighted by atomic mass is 10.1. The Hall–Kier alpha value is -1.02. The highest BCUT2D eigenvalue weighted by Crippen LogP contribution is 2.28. The number of rotatable bonds is 2. The smallest absolute Gasteiger partial charge is 0.132 e. The topological polar surface area (TPSA) is 26.0 Å². The van der Waals surface area contributed by atoms with Gasteiger partial charge in [-0.05, 0) is 38.3 Å². The predicted octanol–water partition coefficient (Wildman–Crippen LogP) is 2.78. The minimum atomic E-state index is 0.866. The summed E-state index contributed by atoms with van der Waals surface area (Å²) < 4.78 is 1.15. The van der Waals surface area contributed by atoms with Crippen molar-refractivity contribution >= 4 is 11.4 Å². The number of quaternary nitrogens is 1. The van der Waals surface area contributed by atoms with E-state index in [2.05, 4.69) is 19.1 Å². The van der Waals surface area contributed by atoms with Gasteiger partial charge in [0.2, 0.25) is 0 Å². The molecule has 0 saturated carbocycles. The Labute approximate surface area is 92.3 Å². The van der Waals surface area contributed by atoms with Gasteiger partial charge in [-0.15, -0.1) is 0 Å². The highest BCUT2D eigenvalue weighted by Gasteiger charge is 2.30. The average molecular weight is 205 g/mol. The Morgan fingerprint density at radius 3 is 2.20 bits per heavy atom. The summed E-state index contributed by atoms with van der Waals surface area (Å²) in [5, 5.41) is 0. The molecule has 1 fully saturated rings. The third-order valence-corrected chi connectivity index (χ3v) is 3.72. The van der Waals surface area contributed by atoms with Crippen molar-refractivity contribution in [3.05, 3.63) is 24.3 Å². The molecule has 0 unspecified atom stereocenters. The van der Waals surface area contributed by atoms with Crippen LogP contribution in [0.5, 0.6) is 0 Å². The monoisotopic (exact) mass is 205 g/mol. The van der Waals surface area contributed by atoms with Crippen LogP contribution >= 0.6 is 0 Å². The van der Waals surface area contributed by atoms with E-state index in [4.69, 9.17) is 5.73 Å². The summed E-state index contributed by atoms with van der Waals surface area (Å²) in [4.78, 5) is 0. The fourth-order valence-electron chi connectivity index (χ4n) is 2.67. The summed E-state index contributed by atoms with van der Waals surface area (Å²) in [6, 6.07) is 8.45. The number of likely N-dealkylation sites (tertiary alicyclic amines) is 1. The standard InChI is InChI=1S/C13H21N2/c1-2-15(10-4-3-5-11-15)13-8-6-12(14)7-9-13/h6-9H,2-5,10-11,14H2,1H3/q+1. The molecule has 0 spiro atoms. The zero-order valence-electron chi connectivity index (χ0n) is 9.58. The van der Waals surface area contributed by atoms with Crippen LogP contribution in [0, 0.1) is 0 Å². The Kier molecular flexibility index (Phi) is 2.96. The number of nitrogen functional groups attached to an aromatic ring is 1. The Morgan fingerprint density at radius 2 is 1.67 bits per heavy atom. The molecule has 2 N–H and O–H groups in total. The molecule has 1 aromatic carbocycles. The summed E-state index contributed by atoms with van der Waals surface area (Å²) in [5.41, 5.74) is 8.04. The lowest BCUT2D eigenvalue weighted by Gasteiger charge is -2.40. The summed E-state index contributed by atoms with van der Waals surface area (Å²) in [6.07, 6.45) is 4.12. The lowest BCUT2D eigenvalue weighted by molar-refractivity contribution is 0.239. The third kappa shape index (κ3) is 2.00. The van der Waals surface area contributed by atoms with Crippen molar-refractivity contribution in [1.29, 1.82) is 0 Å². The van der Waals surface area contributed by atoms with Gasteiger partial charge in [0.1, 0.15) is 5.69 Å². The molecule has 2 nitrogen and oxygen atoms in total. The molecule has 1 aromatic rings. The first-order valence-electron chi connectivity index (χ1n) is 5.99. The van der Waals surface area contributed by atoms with E-state index >= 15 is 0 Å². The number of anilines is 1. The molecular formula is C13H21N2+. The fourth-order valence-corrected chi connectivity index (χ4v) is 2.67. The van der Waals surface area contributed by atoms with Gasteiger partial charge in [0.15, 0.2) is 0 Å². The summed E-state index contributed by atoms with van der Waals surface area (Å²) in [7, 11) is 0. The molecule has 15 heavy (non-hydrogen) atoms. The van der Waals surface area contributed by atoms with Gasteiger partial charge in [0, 0.05) is 17.8 Å². The van der Waals surface area contributed by atoms with Crippen molar-refractivity contribution in [3.8, 4) is 0 Å². The molecule has 1 heterocycles. The van der Waals surface area contributed by atoms with Crippen molar-refractivity contribution in [1.82, 2.24) is 4.48 Å². The quantitative estimate of drug-likeness (QED) is 0.583. The SMILES string of the molecule is CC[N+]1(c2ccc(N)cc2)CCCCC1. The molecular weight excluding hydrogens is 184 g/mol. The highest BCUT2D eigenvalue weighted by atomic mass is 15.4. The summed E-state index contributed by atoms with van der Waals surface area (Å²) >= 11 is 0. The van der Waals surface area contributed by atoms with Crippen LogP contribution in [0.15, 0.2) is 24.3 Å². The van der Waals surface area contributed by atoms with Gasteiger partial charge in [0.05, 0.1) is 19.6 Å². The largest absolute Gasteiger partial charge is 0.399 e. The lowest BCUT2D eigenvalue weighted by Crippen LogP contribution is -2.52. The maximum atomic E-state index is 5.73. The molecule has 1 saturated heterocycles. The minimum Gasteiger partial charge on any atom is -0.399 e. The third-order valence-electron chi connectivity index (χ3n) is 3.72. The van der Waals surface area contributed by atoms with Crippen LogP contribution in [-0.2, 0) is 0 Å². The Balaban J connectivity index is 2.28. The van der Waals surface area contributed by atoms with Gasteiger partial charge >= 0.3 is 0 Å². The van der Waals surface area contributed by atoms with Gasteiger partial charge in [-0.3, -0.25) is 4.48 Å². The number of nitrogens with two attached hydrogens (primary N) is 1. The number of benzene rings is 1. The van der Waals surface area contributed by atoms with E-state index < -0.39 is 0 Å². The average Bonchev–Trinajstić information content (AvgIpc) is 2.31. The highest BCUT2D eigenvalue weighted by molar-refractivity contribution is 5.51. The first-order valence-corrected chi connectivity index (χ1v) is 5.99. The Bertz CT molecular complexity index is 310. The van der Waals surface area contributed by atoms with Gasteiger partial charge < -0.3 is 5.73 Å². The van der Waals surface area contributed by atoms with E-state index in [0.29, 0.717) is 0 Å². The van der Waals surface area contributed by atoms with Crippen LogP contribution in [0.4, 0.5) is 11.4 Å². The minimum absolute atomic E-state index is 0.866. The molecule has 0 bridgehead atoms. The van der Waals surface area contributed by atoms with Crippen molar-refractivity contribution in [3.63, 3.8) is 0 Å². The van der Waals surface area contributed by atoms with Crippen molar-refractivity contribution in [2.45, 2.75) is 26.2 Å². The van der Waals surface area contributed by atoms with Gasteiger partial charge in [-0.1, -0.05) is 0 Å². The van der Waals surface area contributed by atoms with Gasteiger partial charge in [0.25, 0.3) is 0 Å². The molecule has 0 aliphatic carbocycles. The second kappa shape index (κ2) is 4.23. The fraction of sp³-hybridized carbons (Fsp3) is 0.538. The second-order valence-corrected chi connectivity index (χ2v) is 4.56. The molecule has 0 aromatic heterocycles. The van der Waals surface area contributed by atoms with E-state index in [1.807, 2.05) is 12.1 Å². The molecule has 0 amide bonds. The van der Waals surface area contributed by atoms with E-state index in [0.717, 1.165) is 10.2 Å². The number of hydrogen-bond donors (Lipinski definition) is 1. The maximum Gasteiger partial charge on any atom is 0.132 e. The summed E-state index contributed by atoms with van der Waals surface area (Å²) in [6.45, 7) is 6.08. The van der Waals surface area contributed by atoms with Crippen LogP contribution in [0.2, 0.25) is 0 Å². The van der Waals surface area contributed by atoms with Crippen LogP contribution in [0.1, 0.15) is 26.2 Å². The van der Waals surface area contributed by atoms with Gasteiger partial charge in [-0.2, -0.15) is 0 Å². The molecule has 1 aliphatic rings. The van der Waals surface area contributed by atoms with Crippen molar-refractivity contribution in [2.75, 3.05) is 25.4 Å². The molecule has 0 radical (unpaired) electrons. The first-order chi connectivity index (χ1) is 7.27. The van der Waals surface area contributed by atoms with Crippen molar-refractivity contribution in [2.24, 2.45) is 0 Å². The second-order valence-electron chi connectivity index (χ2n) is 4.56. The molecule has 2 rings (SSSR count). The van der Waals surface area contributed by atoms with Crippen LogP contribution < -0.4 is 10.2 Å². The van der Waals surface area contributed by atoms with Crippen molar-refractivity contribution < 1.29 is 0 Å². The first kappa shape index (κ1) is 10.5. The summed E-state index contributed by atoms with van der Waals surface area (Å²) in [5.74, 6) is 0. The number of hydrogen-bond acceptors (Lipinski definition) is 1. The maximum absolute atomic E-state index is 5.73. The molecule has 0 atom stereocenters. The van der Waals surface area contributed by atoms with E-state index in [1.54, 1.807) is 0 Å². The van der Waals surface area contributed by atoms with Gasteiger partial charge in [-0.25, -0.2) is 0 Å². The van der Waals surface area contributed by atoms with E-state index in [1.165, 1.54) is 44.6 Å². The number of piperidine rings is 1. The van der Waals surface area contributed by atoms with Crippen LogP contribution in [-0.4, -0.2) is 19.6 Å². The normalized spacial score (nSPS) is 20.1. The van der Waals surface area contributed by atoms with E-state index in [-0.39, 0.29) is 0 Å². The Morgan fingerprint density at radius 1 is 1.07 bits per heavy atom. The van der Waals surface area contributed by atoms with Crippen LogP contribution in [0.3, 0.4) is 0 Å².